The first-order valence-electron chi connectivity index (χ1n) is 9.04. The molecular formula is C24H26N2. The summed E-state index contributed by atoms with van der Waals surface area (Å²) in [5.74, 6) is 0. The summed E-state index contributed by atoms with van der Waals surface area (Å²) in [5.41, 5.74) is 14.2. The Kier molecular flexibility index (Phi) is 5.67. The minimum absolute atomic E-state index is 0.103. The highest BCUT2D eigenvalue weighted by Gasteiger charge is 2.03. The third-order valence-electron chi connectivity index (χ3n) is 4.63. The van der Waals surface area contributed by atoms with Gasteiger partial charge in [-0.1, -0.05) is 84.9 Å². The van der Waals surface area contributed by atoms with Crippen molar-refractivity contribution >= 4 is 21.5 Å². The number of benzene rings is 4. The number of hydrogen-bond donors (Lipinski definition) is 2. The van der Waals surface area contributed by atoms with Crippen LogP contribution in [0, 0.1) is 0 Å². The largest absolute Gasteiger partial charge is 0.324 e. The van der Waals surface area contributed by atoms with E-state index in [1.54, 1.807) is 0 Å². The molecule has 4 aromatic carbocycles. The second-order valence-electron chi connectivity index (χ2n) is 6.71. The van der Waals surface area contributed by atoms with Crippen LogP contribution in [-0.4, -0.2) is 0 Å². The van der Waals surface area contributed by atoms with Gasteiger partial charge in [-0.25, -0.2) is 0 Å². The van der Waals surface area contributed by atoms with Crippen molar-refractivity contribution < 1.29 is 0 Å². The second-order valence-corrected chi connectivity index (χ2v) is 6.71. The maximum Gasteiger partial charge on any atom is 0.0272 e. The van der Waals surface area contributed by atoms with Crippen molar-refractivity contribution in [2.75, 3.05) is 0 Å². The van der Waals surface area contributed by atoms with Gasteiger partial charge in [0, 0.05) is 12.1 Å². The predicted octanol–water partition coefficient (Wildman–Crippen LogP) is 5.72. The topological polar surface area (TPSA) is 52.0 Å². The van der Waals surface area contributed by atoms with E-state index in [0.717, 1.165) is 0 Å². The lowest BCUT2D eigenvalue weighted by Crippen LogP contribution is -2.05. The molecule has 0 amide bonds. The Bertz CT molecular complexity index is 909. The Morgan fingerprint density at radius 3 is 1.23 bits per heavy atom. The van der Waals surface area contributed by atoms with E-state index in [4.69, 9.17) is 11.5 Å². The van der Waals surface area contributed by atoms with Crippen molar-refractivity contribution in [3.63, 3.8) is 0 Å². The summed E-state index contributed by atoms with van der Waals surface area (Å²) in [6.07, 6.45) is 0. The maximum atomic E-state index is 5.88. The van der Waals surface area contributed by atoms with E-state index in [2.05, 4.69) is 60.7 Å². The Labute approximate surface area is 155 Å². The fraction of sp³-hybridized carbons (Fsp3) is 0.167. The molecule has 0 spiro atoms. The van der Waals surface area contributed by atoms with Crippen LogP contribution in [0.15, 0.2) is 84.9 Å². The quantitative estimate of drug-likeness (QED) is 0.489. The number of nitrogens with two attached hydrogens (primary N) is 2. The van der Waals surface area contributed by atoms with Crippen molar-refractivity contribution in [2.24, 2.45) is 11.5 Å². The zero-order valence-corrected chi connectivity index (χ0v) is 15.4. The normalized spacial score (nSPS) is 13.1. The molecule has 2 heteroatoms. The summed E-state index contributed by atoms with van der Waals surface area (Å²) in [6, 6.07) is 29.4. The van der Waals surface area contributed by atoms with Crippen LogP contribution in [0.4, 0.5) is 0 Å². The summed E-state index contributed by atoms with van der Waals surface area (Å²) in [5, 5.41) is 5.05. The van der Waals surface area contributed by atoms with Crippen molar-refractivity contribution in [2.45, 2.75) is 25.9 Å². The highest BCUT2D eigenvalue weighted by atomic mass is 14.6. The Morgan fingerprint density at radius 2 is 0.846 bits per heavy atom. The van der Waals surface area contributed by atoms with Crippen molar-refractivity contribution in [1.82, 2.24) is 0 Å². The van der Waals surface area contributed by atoms with Gasteiger partial charge in [0.05, 0.1) is 0 Å². The van der Waals surface area contributed by atoms with E-state index in [0.29, 0.717) is 0 Å². The maximum absolute atomic E-state index is 5.88. The molecule has 0 bridgehead atoms. The van der Waals surface area contributed by atoms with Crippen LogP contribution in [0.3, 0.4) is 0 Å². The first-order chi connectivity index (χ1) is 12.6. The highest BCUT2D eigenvalue weighted by molar-refractivity contribution is 5.86. The fourth-order valence-electron chi connectivity index (χ4n) is 3.30. The SMILES string of the molecule is C[C@@H](N)c1cccc2ccccc12.C[C@H](N)c1cccc2ccccc12. The molecule has 0 saturated heterocycles. The minimum atomic E-state index is 0.103. The summed E-state index contributed by atoms with van der Waals surface area (Å²) >= 11 is 0. The average Bonchev–Trinajstić information content (AvgIpc) is 2.67. The molecule has 0 fully saturated rings. The highest BCUT2D eigenvalue weighted by Crippen LogP contribution is 2.23. The molecular weight excluding hydrogens is 316 g/mol. The minimum Gasteiger partial charge on any atom is -0.324 e. The van der Waals surface area contributed by atoms with Crippen molar-refractivity contribution in [1.29, 1.82) is 0 Å². The van der Waals surface area contributed by atoms with Gasteiger partial charge in [-0.15, -0.1) is 0 Å². The monoisotopic (exact) mass is 342 g/mol. The van der Waals surface area contributed by atoms with Crippen LogP contribution < -0.4 is 11.5 Å². The van der Waals surface area contributed by atoms with Crippen LogP contribution in [0.2, 0.25) is 0 Å². The zero-order valence-electron chi connectivity index (χ0n) is 15.4. The summed E-state index contributed by atoms with van der Waals surface area (Å²) in [7, 11) is 0. The van der Waals surface area contributed by atoms with Gasteiger partial charge in [0.2, 0.25) is 0 Å². The van der Waals surface area contributed by atoms with Gasteiger partial charge in [-0.2, -0.15) is 0 Å². The molecule has 0 aliphatic rings. The van der Waals surface area contributed by atoms with Crippen LogP contribution in [0.25, 0.3) is 21.5 Å². The van der Waals surface area contributed by atoms with Gasteiger partial charge in [-0.05, 0) is 46.5 Å². The average molecular weight is 342 g/mol. The Morgan fingerprint density at radius 1 is 0.500 bits per heavy atom. The van der Waals surface area contributed by atoms with E-state index in [9.17, 15) is 0 Å². The van der Waals surface area contributed by atoms with E-state index >= 15 is 0 Å². The third-order valence-corrected chi connectivity index (χ3v) is 4.63. The molecule has 26 heavy (non-hydrogen) atoms. The third kappa shape index (κ3) is 3.93. The molecule has 0 aliphatic carbocycles. The first-order valence-corrected chi connectivity index (χ1v) is 9.04. The van der Waals surface area contributed by atoms with Crippen LogP contribution in [0.1, 0.15) is 37.1 Å². The van der Waals surface area contributed by atoms with Gasteiger partial charge in [0.25, 0.3) is 0 Å². The van der Waals surface area contributed by atoms with Gasteiger partial charge in [0.15, 0.2) is 0 Å². The van der Waals surface area contributed by atoms with Crippen molar-refractivity contribution in [3.8, 4) is 0 Å². The lowest BCUT2D eigenvalue weighted by molar-refractivity contribution is 0.826. The fourth-order valence-corrected chi connectivity index (χ4v) is 3.30. The van der Waals surface area contributed by atoms with E-state index in [-0.39, 0.29) is 12.1 Å². The molecule has 2 atom stereocenters. The second kappa shape index (κ2) is 8.13. The molecule has 0 unspecified atom stereocenters. The van der Waals surface area contributed by atoms with Gasteiger partial charge in [0.1, 0.15) is 0 Å². The first kappa shape index (κ1) is 18.1. The number of fused-ring (bicyclic) bond motifs is 2. The van der Waals surface area contributed by atoms with Crippen LogP contribution >= 0.6 is 0 Å². The molecule has 0 radical (unpaired) electrons. The molecule has 0 aliphatic heterocycles. The predicted molar refractivity (Wildman–Crippen MR) is 113 cm³/mol. The van der Waals surface area contributed by atoms with E-state index < -0.39 is 0 Å². The van der Waals surface area contributed by atoms with Crippen LogP contribution in [-0.2, 0) is 0 Å². The van der Waals surface area contributed by atoms with E-state index in [1.807, 2.05) is 38.1 Å². The smallest absolute Gasteiger partial charge is 0.0272 e. The standard InChI is InChI=1S/2C12H13N/c2*1-9(13)11-8-4-6-10-5-2-3-7-12(10)11/h2*2-9H,13H2,1H3/t2*9-/m10/s1. The number of rotatable bonds is 2. The number of hydrogen-bond acceptors (Lipinski definition) is 2. The summed E-state index contributed by atoms with van der Waals surface area (Å²) in [6.45, 7) is 4.03. The molecule has 4 N–H and O–H groups in total. The van der Waals surface area contributed by atoms with Crippen molar-refractivity contribution in [3.05, 3.63) is 96.1 Å². The summed E-state index contributed by atoms with van der Waals surface area (Å²) < 4.78 is 0. The van der Waals surface area contributed by atoms with Gasteiger partial charge >= 0.3 is 0 Å². The molecule has 0 saturated carbocycles. The molecule has 0 heterocycles. The Hall–Kier alpha value is -2.68. The van der Waals surface area contributed by atoms with Gasteiger partial charge in [-0.3, -0.25) is 0 Å². The summed E-state index contributed by atoms with van der Waals surface area (Å²) in [4.78, 5) is 0. The lowest BCUT2D eigenvalue weighted by atomic mass is 10.0. The Balaban J connectivity index is 0.000000151. The van der Waals surface area contributed by atoms with E-state index in [1.165, 1.54) is 32.7 Å². The molecule has 4 aromatic rings. The lowest BCUT2D eigenvalue weighted by Gasteiger charge is -2.09. The molecule has 4 rings (SSSR count). The molecule has 132 valence electrons. The molecule has 0 aromatic heterocycles. The van der Waals surface area contributed by atoms with Gasteiger partial charge < -0.3 is 11.5 Å². The molecule has 2 nitrogen and oxygen atoms in total. The van der Waals surface area contributed by atoms with Crippen LogP contribution in [0.5, 0.6) is 0 Å². The zero-order chi connectivity index (χ0) is 18.5.